The van der Waals surface area contributed by atoms with Crippen LogP contribution < -0.4 is 16.4 Å². The third-order valence-corrected chi connectivity index (χ3v) is 5.79. The predicted molar refractivity (Wildman–Crippen MR) is 95.6 cm³/mol. The normalized spacial score (nSPS) is 22.5. The molecule has 2 fully saturated rings. The molecule has 1 aliphatic heterocycles. The average Bonchev–Trinajstić information content (AvgIpc) is 3.12. The zero-order valence-corrected chi connectivity index (χ0v) is 15.3. The van der Waals surface area contributed by atoms with E-state index in [1.54, 1.807) is 4.90 Å². The molecule has 1 saturated heterocycles. The Morgan fingerprint density at radius 3 is 2.42 bits per heavy atom. The van der Waals surface area contributed by atoms with Crippen LogP contribution in [-0.4, -0.2) is 48.1 Å². The molecule has 0 aromatic heterocycles. The van der Waals surface area contributed by atoms with Crippen molar-refractivity contribution in [3.05, 3.63) is 0 Å². The van der Waals surface area contributed by atoms with Crippen molar-refractivity contribution >= 4 is 11.9 Å². The number of amides is 3. The average molecular weight is 338 g/mol. The van der Waals surface area contributed by atoms with E-state index in [0.29, 0.717) is 19.1 Å². The molecule has 1 aliphatic carbocycles. The Morgan fingerprint density at radius 1 is 1.12 bits per heavy atom. The second-order valence-corrected chi connectivity index (χ2v) is 7.50. The number of nitrogens with zero attached hydrogens (tertiary/aromatic N) is 1. The highest BCUT2D eigenvalue weighted by Crippen LogP contribution is 2.20. The minimum atomic E-state index is -0.330. The zero-order chi connectivity index (χ0) is 17.6. The molecule has 24 heavy (non-hydrogen) atoms. The molecule has 138 valence electrons. The molecule has 0 aromatic carbocycles. The van der Waals surface area contributed by atoms with Gasteiger partial charge in [0.2, 0.25) is 5.91 Å². The summed E-state index contributed by atoms with van der Waals surface area (Å²) in [6, 6.07) is 0.313. The first-order valence-electron chi connectivity index (χ1n) is 9.59. The van der Waals surface area contributed by atoms with Crippen molar-refractivity contribution in [1.82, 2.24) is 15.5 Å². The third-order valence-electron chi connectivity index (χ3n) is 5.79. The van der Waals surface area contributed by atoms with Crippen LogP contribution in [0.2, 0.25) is 0 Å². The zero-order valence-electron chi connectivity index (χ0n) is 15.3. The summed E-state index contributed by atoms with van der Waals surface area (Å²) in [6.07, 6.45) is 7.96. The number of likely N-dealkylation sites (tertiary alicyclic amines) is 1. The quantitative estimate of drug-likeness (QED) is 0.692. The van der Waals surface area contributed by atoms with E-state index in [9.17, 15) is 9.59 Å². The molecule has 1 unspecified atom stereocenters. The smallest absolute Gasteiger partial charge is 0.317 e. The van der Waals surface area contributed by atoms with Crippen LogP contribution >= 0.6 is 0 Å². The fourth-order valence-corrected chi connectivity index (χ4v) is 3.62. The Balaban J connectivity index is 1.80. The van der Waals surface area contributed by atoms with E-state index in [4.69, 9.17) is 5.73 Å². The lowest BCUT2D eigenvalue weighted by Crippen LogP contribution is -2.53. The van der Waals surface area contributed by atoms with Crippen molar-refractivity contribution in [1.29, 1.82) is 0 Å². The van der Waals surface area contributed by atoms with E-state index in [1.807, 2.05) is 13.8 Å². The Bertz CT molecular complexity index is 431. The molecule has 0 spiro atoms. The lowest BCUT2D eigenvalue weighted by atomic mass is 9.93. The van der Waals surface area contributed by atoms with Gasteiger partial charge >= 0.3 is 6.03 Å². The molecule has 2 aliphatic rings. The maximum atomic E-state index is 12.5. The SMILES string of the molecule is CCC(N)(CC)CNC(=O)C1CCCN(C(=O)NC2CCCC2)C1. The van der Waals surface area contributed by atoms with Crippen molar-refractivity contribution in [3.8, 4) is 0 Å². The highest BCUT2D eigenvalue weighted by molar-refractivity contribution is 5.81. The molecule has 4 N–H and O–H groups in total. The Morgan fingerprint density at radius 2 is 1.79 bits per heavy atom. The first-order chi connectivity index (χ1) is 11.5. The number of urea groups is 1. The van der Waals surface area contributed by atoms with Crippen molar-refractivity contribution in [3.63, 3.8) is 0 Å². The van der Waals surface area contributed by atoms with Crippen LogP contribution in [0.5, 0.6) is 0 Å². The monoisotopic (exact) mass is 338 g/mol. The summed E-state index contributed by atoms with van der Waals surface area (Å²) in [4.78, 5) is 26.7. The lowest BCUT2D eigenvalue weighted by molar-refractivity contribution is -0.126. The third kappa shape index (κ3) is 5.10. The largest absolute Gasteiger partial charge is 0.354 e. The van der Waals surface area contributed by atoms with E-state index >= 15 is 0 Å². The molecule has 1 atom stereocenters. The molecule has 3 amide bonds. The number of piperidine rings is 1. The summed E-state index contributed by atoms with van der Waals surface area (Å²) in [5.74, 6) is -0.0869. The van der Waals surface area contributed by atoms with Gasteiger partial charge in [0.15, 0.2) is 0 Å². The van der Waals surface area contributed by atoms with Crippen LogP contribution in [0.1, 0.15) is 65.2 Å². The number of hydrogen-bond donors (Lipinski definition) is 3. The number of carbonyl (C=O) groups excluding carboxylic acids is 2. The summed E-state index contributed by atoms with van der Waals surface area (Å²) >= 11 is 0. The van der Waals surface area contributed by atoms with Crippen molar-refractivity contribution in [2.24, 2.45) is 11.7 Å². The Kier molecular flexibility index (Phi) is 6.90. The second-order valence-electron chi connectivity index (χ2n) is 7.50. The maximum Gasteiger partial charge on any atom is 0.317 e. The van der Waals surface area contributed by atoms with Crippen LogP contribution in [0.4, 0.5) is 4.79 Å². The Hall–Kier alpha value is -1.30. The molecule has 2 rings (SSSR count). The second kappa shape index (κ2) is 8.70. The minimum absolute atomic E-state index is 0.00492. The van der Waals surface area contributed by atoms with Crippen molar-refractivity contribution < 1.29 is 9.59 Å². The van der Waals surface area contributed by atoms with E-state index < -0.39 is 0 Å². The Labute approximate surface area is 145 Å². The van der Waals surface area contributed by atoms with Crippen LogP contribution in [0, 0.1) is 5.92 Å². The summed E-state index contributed by atoms with van der Waals surface area (Å²) < 4.78 is 0. The van der Waals surface area contributed by atoms with Gasteiger partial charge in [0.1, 0.15) is 0 Å². The maximum absolute atomic E-state index is 12.5. The number of rotatable bonds is 6. The minimum Gasteiger partial charge on any atom is -0.354 e. The summed E-state index contributed by atoms with van der Waals surface area (Å²) in [7, 11) is 0. The van der Waals surface area contributed by atoms with Crippen LogP contribution in [0.15, 0.2) is 0 Å². The van der Waals surface area contributed by atoms with Crippen LogP contribution in [0.25, 0.3) is 0 Å². The molecule has 1 heterocycles. The van der Waals surface area contributed by atoms with Gasteiger partial charge in [-0.1, -0.05) is 26.7 Å². The standard InChI is InChI=1S/C18H34N4O2/c1-3-18(19,4-2)13-20-16(23)14-8-7-11-22(12-14)17(24)21-15-9-5-6-10-15/h14-15H,3-13,19H2,1-2H3,(H,20,23)(H,21,24). The molecule has 1 saturated carbocycles. The first-order valence-corrected chi connectivity index (χ1v) is 9.59. The van der Waals surface area contributed by atoms with E-state index in [1.165, 1.54) is 12.8 Å². The lowest BCUT2D eigenvalue weighted by Gasteiger charge is -2.34. The predicted octanol–water partition coefficient (Wildman–Crippen LogP) is 1.98. The van der Waals surface area contributed by atoms with E-state index in [-0.39, 0.29) is 23.4 Å². The van der Waals surface area contributed by atoms with Gasteiger partial charge in [0, 0.05) is 31.2 Å². The van der Waals surface area contributed by atoms with Crippen LogP contribution in [-0.2, 0) is 4.79 Å². The molecule has 6 nitrogen and oxygen atoms in total. The van der Waals surface area contributed by atoms with E-state index in [0.717, 1.165) is 45.1 Å². The summed E-state index contributed by atoms with van der Waals surface area (Å²) in [5.41, 5.74) is 5.92. The molecular weight excluding hydrogens is 304 g/mol. The van der Waals surface area contributed by atoms with Crippen molar-refractivity contribution in [2.45, 2.75) is 76.8 Å². The number of nitrogens with two attached hydrogens (primary N) is 1. The molecule has 6 heteroatoms. The van der Waals surface area contributed by atoms with Crippen molar-refractivity contribution in [2.75, 3.05) is 19.6 Å². The highest BCUT2D eigenvalue weighted by atomic mass is 16.2. The summed E-state index contributed by atoms with van der Waals surface area (Å²) in [5, 5.41) is 6.12. The number of hydrogen-bond acceptors (Lipinski definition) is 3. The van der Waals surface area contributed by atoms with Gasteiger partial charge in [0.05, 0.1) is 5.92 Å². The fraction of sp³-hybridized carbons (Fsp3) is 0.889. The van der Waals surface area contributed by atoms with Gasteiger partial charge in [0.25, 0.3) is 0 Å². The van der Waals surface area contributed by atoms with Gasteiger partial charge < -0.3 is 21.3 Å². The highest BCUT2D eigenvalue weighted by Gasteiger charge is 2.31. The van der Waals surface area contributed by atoms with Gasteiger partial charge in [-0.2, -0.15) is 0 Å². The van der Waals surface area contributed by atoms with Gasteiger partial charge in [-0.25, -0.2) is 4.79 Å². The number of nitrogens with one attached hydrogen (secondary N) is 2. The molecule has 0 radical (unpaired) electrons. The molecule has 0 aromatic rings. The topological polar surface area (TPSA) is 87.5 Å². The van der Waals surface area contributed by atoms with Gasteiger partial charge in [-0.05, 0) is 38.5 Å². The first kappa shape index (κ1) is 19.0. The molecular formula is C18H34N4O2. The van der Waals surface area contributed by atoms with E-state index in [2.05, 4.69) is 10.6 Å². The summed E-state index contributed by atoms with van der Waals surface area (Å²) in [6.45, 7) is 5.85. The van der Waals surface area contributed by atoms with Gasteiger partial charge in [-0.3, -0.25) is 4.79 Å². The van der Waals surface area contributed by atoms with Crippen LogP contribution in [0.3, 0.4) is 0 Å². The fourth-order valence-electron chi connectivity index (χ4n) is 3.62. The molecule has 0 bridgehead atoms. The van der Waals surface area contributed by atoms with Gasteiger partial charge in [-0.15, -0.1) is 0 Å². The number of carbonyl (C=O) groups is 2.